The summed E-state index contributed by atoms with van der Waals surface area (Å²) in [7, 11) is 0. The molecule has 2 rings (SSSR count). The Morgan fingerprint density at radius 3 is 2.67 bits per heavy atom. The minimum Gasteiger partial charge on any atom is -0.379 e. The van der Waals surface area contributed by atoms with Crippen LogP contribution in [0.25, 0.3) is 0 Å². The molecule has 114 valence electrons. The molecule has 0 radical (unpaired) electrons. The SMILES string of the molecule is NC(=O)c1ccc([N+](=O)[O-])c(NCCC2CCCCC2)c1. The van der Waals surface area contributed by atoms with Crippen molar-refractivity contribution >= 4 is 17.3 Å². The highest BCUT2D eigenvalue weighted by atomic mass is 16.6. The molecule has 0 aromatic heterocycles. The summed E-state index contributed by atoms with van der Waals surface area (Å²) in [5.74, 6) is 0.116. The van der Waals surface area contributed by atoms with Gasteiger partial charge in [0.25, 0.3) is 5.69 Å². The van der Waals surface area contributed by atoms with Crippen molar-refractivity contribution in [1.29, 1.82) is 0 Å². The van der Waals surface area contributed by atoms with Gasteiger partial charge in [-0.25, -0.2) is 0 Å². The van der Waals surface area contributed by atoms with E-state index in [0.29, 0.717) is 18.2 Å². The van der Waals surface area contributed by atoms with E-state index < -0.39 is 10.8 Å². The zero-order valence-electron chi connectivity index (χ0n) is 12.0. The minimum atomic E-state index is -0.583. The Bertz CT molecular complexity index is 525. The quantitative estimate of drug-likeness (QED) is 0.621. The van der Waals surface area contributed by atoms with Crippen LogP contribution in [-0.4, -0.2) is 17.4 Å². The van der Waals surface area contributed by atoms with Crippen LogP contribution >= 0.6 is 0 Å². The molecule has 0 atom stereocenters. The Morgan fingerprint density at radius 2 is 2.05 bits per heavy atom. The van der Waals surface area contributed by atoms with E-state index in [9.17, 15) is 14.9 Å². The maximum Gasteiger partial charge on any atom is 0.292 e. The summed E-state index contributed by atoms with van der Waals surface area (Å²) in [5, 5.41) is 14.1. The van der Waals surface area contributed by atoms with E-state index in [4.69, 9.17) is 5.73 Å². The molecule has 1 saturated carbocycles. The minimum absolute atomic E-state index is 0.0244. The number of primary amides is 1. The molecular weight excluding hydrogens is 270 g/mol. The van der Waals surface area contributed by atoms with Crippen molar-refractivity contribution in [2.45, 2.75) is 38.5 Å². The predicted molar refractivity (Wildman–Crippen MR) is 81.3 cm³/mol. The lowest BCUT2D eigenvalue weighted by atomic mass is 9.87. The van der Waals surface area contributed by atoms with Crippen LogP contribution in [0.4, 0.5) is 11.4 Å². The predicted octanol–water partition coefficient (Wildman–Crippen LogP) is 3.08. The number of nitrogens with two attached hydrogens (primary N) is 1. The van der Waals surface area contributed by atoms with Crippen LogP contribution in [0.1, 0.15) is 48.9 Å². The van der Waals surface area contributed by atoms with Crippen molar-refractivity contribution in [3.05, 3.63) is 33.9 Å². The Labute approximate surface area is 123 Å². The van der Waals surface area contributed by atoms with E-state index in [-0.39, 0.29) is 11.3 Å². The third-order valence-corrected chi connectivity index (χ3v) is 4.07. The van der Waals surface area contributed by atoms with Gasteiger partial charge in [0.15, 0.2) is 0 Å². The number of hydrogen-bond acceptors (Lipinski definition) is 4. The number of carbonyl (C=O) groups is 1. The fourth-order valence-electron chi connectivity index (χ4n) is 2.88. The monoisotopic (exact) mass is 291 g/mol. The smallest absolute Gasteiger partial charge is 0.292 e. The number of benzene rings is 1. The molecule has 3 N–H and O–H groups in total. The Balaban J connectivity index is 2.00. The van der Waals surface area contributed by atoms with Crippen LogP contribution in [0.15, 0.2) is 18.2 Å². The average molecular weight is 291 g/mol. The highest BCUT2D eigenvalue weighted by molar-refractivity contribution is 5.94. The van der Waals surface area contributed by atoms with E-state index in [0.717, 1.165) is 6.42 Å². The number of hydrogen-bond donors (Lipinski definition) is 2. The first-order valence-electron chi connectivity index (χ1n) is 7.40. The molecule has 1 aromatic rings. The summed E-state index contributed by atoms with van der Waals surface area (Å²) in [6, 6.07) is 4.16. The van der Waals surface area contributed by atoms with Gasteiger partial charge in [-0.3, -0.25) is 14.9 Å². The third kappa shape index (κ3) is 4.18. The molecule has 0 heterocycles. The fraction of sp³-hybridized carbons (Fsp3) is 0.533. The van der Waals surface area contributed by atoms with Crippen molar-refractivity contribution in [1.82, 2.24) is 0 Å². The first kappa shape index (κ1) is 15.3. The van der Waals surface area contributed by atoms with E-state index in [1.807, 2.05) is 0 Å². The van der Waals surface area contributed by atoms with Crippen molar-refractivity contribution < 1.29 is 9.72 Å². The van der Waals surface area contributed by atoms with Crippen LogP contribution in [0, 0.1) is 16.0 Å². The lowest BCUT2D eigenvalue weighted by Gasteiger charge is -2.21. The lowest BCUT2D eigenvalue weighted by molar-refractivity contribution is -0.384. The molecule has 1 aliphatic carbocycles. The molecule has 6 heteroatoms. The molecule has 0 bridgehead atoms. The van der Waals surface area contributed by atoms with Crippen molar-refractivity contribution in [2.75, 3.05) is 11.9 Å². The van der Waals surface area contributed by atoms with Crippen LogP contribution in [-0.2, 0) is 0 Å². The second-order valence-electron chi connectivity index (χ2n) is 5.57. The first-order valence-corrected chi connectivity index (χ1v) is 7.40. The average Bonchev–Trinajstić information content (AvgIpc) is 2.48. The summed E-state index contributed by atoms with van der Waals surface area (Å²) in [6.07, 6.45) is 7.36. The molecule has 0 unspecified atom stereocenters. The molecule has 1 aromatic carbocycles. The Kier molecular flexibility index (Phi) is 5.14. The number of anilines is 1. The molecule has 0 spiro atoms. The lowest BCUT2D eigenvalue weighted by Crippen LogP contribution is -2.14. The van der Waals surface area contributed by atoms with E-state index in [1.54, 1.807) is 0 Å². The van der Waals surface area contributed by atoms with Gasteiger partial charge in [-0.15, -0.1) is 0 Å². The van der Waals surface area contributed by atoms with E-state index >= 15 is 0 Å². The first-order chi connectivity index (χ1) is 10.1. The van der Waals surface area contributed by atoms with E-state index in [1.165, 1.54) is 50.3 Å². The summed E-state index contributed by atoms with van der Waals surface area (Å²) in [5.41, 5.74) is 5.84. The zero-order chi connectivity index (χ0) is 15.2. The number of carbonyl (C=O) groups excluding carboxylic acids is 1. The highest BCUT2D eigenvalue weighted by Crippen LogP contribution is 2.28. The van der Waals surface area contributed by atoms with Gasteiger partial charge in [0.05, 0.1) is 4.92 Å². The summed E-state index contributed by atoms with van der Waals surface area (Å²) in [4.78, 5) is 21.7. The molecular formula is C15H21N3O3. The van der Waals surface area contributed by atoms with Gasteiger partial charge in [0.1, 0.15) is 5.69 Å². The number of amides is 1. The van der Waals surface area contributed by atoms with Gasteiger partial charge in [-0.05, 0) is 24.5 Å². The van der Waals surface area contributed by atoms with Gasteiger partial charge in [0, 0.05) is 18.2 Å². The standard InChI is InChI=1S/C15H21N3O3/c16-15(19)12-6-7-14(18(20)21)13(10-12)17-9-8-11-4-2-1-3-5-11/h6-7,10-11,17H,1-5,8-9H2,(H2,16,19). The van der Waals surface area contributed by atoms with Crippen molar-refractivity contribution in [3.63, 3.8) is 0 Å². The normalized spacial score (nSPS) is 15.6. The maximum atomic E-state index is 11.2. The number of rotatable bonds is 6. The molecule has 0 saturated heterocycles. The maximum absolute atomic E-state index is 11.2. The number of nitro benzene ring substituents is 1. The Morgan fingerprint density at radius 1 is 1.33 bits per heavy atom. The summed E-state index contributed by atoms with van der Waals surface area (Å²) >= 11 is 0. The van der Waals surface area contributed by atoms with E-state index in [2.05, 4.69) is 5.32 Å². The van der Waals surface area contributed by atoms with Gasteiger partial charge in [-0.2, -0.15) is 0 Å². The Hall–Kier alpha value is -2.11. The van der Waals surface area contributed by atoms with Crippen molar-refractivity contribution in [3.8, 4) is 0 Å². The molecule has 21 heavy (non-hydrogen) atoms. The highest BCUT2D eigenvalue weighted by Gasteiger charge is 2.17. The largest absolute Gasteiger partial charge is 0.379 e. The topological polar surface area (TPSA) is 98.3 Å². The number of nitrogens with one attached hydrogen (secondary N) is 1. The van der Waals surface area contributed by atoms with Gasteiger partial charge < -0.3 is 11.1 Å². The van der Waals surface area contributed by atoms with Crippen LogP contribution in [0.2, 0.25) is 0 Å². The second-order valence-corrected chi connectivity index (χ2v) is 5.57. The van der Waals surface area contributed by atoms with Crippen LogP contribution < -0.4 is 11.1 Å². The van der Waals surface area contributed by atoms with Crippen molar-refractivity contribution in [2.24, 2.45) is 11.7 Å². The molecule has 1 fully saturated rings. The third-order valence-electron chi connectivity index (χ3n) is 4.07. The number of nitro groups is 1. The van der Waals surface area contributed by atoms with Gasteiger partial charge >= 0.3 is 0 Å². The molecule has 6 nitrogen and oxygen atoms in total. The summed E-state index contributed by atoms with van der Waals surface area (Å²) < 4.78 is 0. The fourth-order valence-corrected chi connectivity index (χ4v) is 2.88. The molecule has 1 aliphatic rings. The van der Waals surface area contributed by atoms with Gasteiger partial charge in [-0.1, -0.05) is 32.1 Å². The van der Waals surface area contributed by atoms with Gasteiger partial charge in [0.2, 0.25) is 5.91 Å². The molecule has 0 aliphatic heterocycles. The zero-order valence-corrected chi connectivity index (χ0v) is 12.0. The number of nitrogens with zero attached hydrogens (tertiary/aromatic N) is 1. The molecule has 1 amide bonds. The summed E-state index contributed by atoms with van der Waals surface area (Å²) in [6.45, 7) is 0.674. The van der Waals surface area contributed by atoms with Crippen LogP contribution in [0.5, 0.6) is 0 Å². The second kappa shape index (κ2) is 7.06. The van der Waals surface area contributed by atoms with Crippen LogP contribution in [0.3, 0.4) is 0 Å².